The van der Waals surface area contributed by atoms with Gasteiger partial charge in [0, 0.05) is 11.9 Å². The number of hydrogen-bond acceptors (Lipinski definition) is 4. The second kappa shape index (κ2) is 9.66. The van der Waals surface area contributed by atoms with Crippen molar-refractivity contribution in [1.29, 1.82) is 0 Å². The van der Waals surface area contributed by atoms with E-state index < -0.39 is 5.97 Å². The van der Waals surface area contributed by atoms with Gasteiger partial charge in [0.1, 0.15) is 0 Å². The SMILES string of the molecule is CCOC(=O)C(=Cc1cccc(NC(=O)c2ccccc2Cl)c1)c1ccccn1. The Morgan fingerprint density at radius 3 is 2.59 bits per heavy atom. The minimum absolute atomic E-state index is 0.261. The van der Waals surface area contributed by atoms with Gasteiger partial charge >= 0.3 is 5.97 Å². The Balaban J connectivity index is 1.89. The molecule has 5 nitrogen and oxygen atoms in total. The van der Waals surface area contributed by atoms with Crippen LogP contribution in [0.1, 0.15) is 28.5 Å². The van der Waals surface area contributed by atoms with Gasteiger partial charge in [0.05, 0.1) is 28.5 Å². The standard InChI is InChI=1S/C23H19ClN2O3/c1-2-29-23(28)19(21-12-5-6-13-25-21)15-16-8-7-9-17(14-16)26-22(27)18-10-3-4-11-20(18)24/h3-15H,2H2,1H3,(H,26,27). The lowest BCUT2D eigenvalue weighted by Gasteiger charge is -2.09. The molecule has 0 saturated heterocycles. The first-order chi connectivity index (χ1) is 14.1. The van der Waals surface area contributed by atoms with Gasteiger partial charge in [-0.1, -0.05) is 41.9 Å². The van der Waals surface area contributed by atoms with E-state index in [9.17, 15) is 9.59 Å². The van der Waals surface area contributed by atoms with Crippen molar-refractivity contribution in [2.45, 2.75) is 6.92 Å². The van der Waals surface area contributed by atoms with Crippen molar-refractivity contribution in [3.8, 4) is 0 Å². The molecule has 0 bridgehead atoms. The summed E-state index contributed by atoms with van der Waals surface area (Å²) in [6, 6.07) is 19.3. The van der Waals surface area contributed by atoms with Crippen LogP contribution in [0.3, 0.4) is 0 Å². The van der Waals surface area contributed by atoms with Gasteiger partial charge in [0.15, 0.2) is 0 Å². The van der Waals surface area contributed by atoms with Crippen LogP contribution in [-0.2, 0) is 9.53 Å². The van der Waals surface area contributed by atoms with Crippen LogP contribution >= 0.6 is 11.6 Å². The number of halogens is 1. The maximum Gasteiger partial charge on any atom is 0.340 e. The summed E-state index contributed by atoms with van der Waals surface area (Å²) in [7, 11) is 0. The Bertz CT molecular complexity index is 1050. The molecule has 0 radical (unpaired) electrons. The number of benzene rings is 2. The monoisotopic (exact) mass is 406 g/mol. The summed E-state index contributed by atoms with van der Waals surface area (Å²) in [6.45, 7) is 2.01. The van der Waals surface area contributed by atoms with Crippen molar-refractivity contribution in [1.82, 2.24) is 4.98 Å². The molecule has 146 valence electrons. The van der Waals surface area contributed by atoms with E-state index in [0.29, 0.717) is 27.5 Å². The van der Waals surface area contributed by atoms with E-state index in [0.717, 1.165) is 5.56 Å². The van der Waals surface area contributed by atoms with E-state index in [1.807, 2.05) is 6.07 Å². The third-order valence-corrected chi connectivity index (χ3v) is 4.34. The normalized spacial score (nSPS) is 11.0. The van der Waals surface area contributed by atoms with Gasteiger partial charge in [-0.15, -0.1) is 0 Å². The first kappa shape index (κ1) is 20.3. The highest BCUT2D eigenvalue weighted by Crippen LogP contribution is 2.22. The van der Waals surface area contributed by atoms with Crippen molar-refractivity contribution in [3.05, 3.63) is 94.8 Å². The molecule has 0 unspecified atom stereocenters. The fourth-order valence-electron chi connectivity index (χ4n) is 2.69. The van der Waals surface area contributed by atoms with E-state index in [1.165, 1.54) is 0 Å². The number of anilines is 1. The first-order valence-electron chi connectivity index (χ1n) is 9.04. The molecule has 1 amide bonds. The molecule has 0 fully saturated rings. The van der Waals surface area contributed by atoms with Crippen LogP contribution in [0.25, 0.3) is 11.6 Å². The zero-order valence-corrected chi connectivity index (χ0v) is 16.5. The van der Waals surface area contributed by atoms with Gasteiger partial charge in [-0.2, -0.15) is 0 Å². The number of aromatic nitrogens is 1. The average molecular weight is 407 g/mol. The first-order valence-corrected chi connectivity index (χ1v) is 9.42. The van der Waals surface area contributed by atoms with Crippen LogP contribution in [0.15, 0.2) is 72.9 Å². The lowest BCUT2D eigenvalue weighted by atomic mass is 10.1. The highest BCUT2D eigenvalue weighted by atomic mass is 35.5. The summed E-state index contributed by atoms with van der Waals surface area (Å²) in [4.78, 5) is 29.2. The van der Waals surface area contributed by atoms with E-state index in [-0.39, 0.29) is 12.5 Å². The summed E-state index contributed by atoms with van der Waals surface area (Å²) in [6.07, 6.45) is 3.30. The molecule has 3 aromatic rings. The van der Waals surface area contributed by atoms with E-state index >= 15 is 0 Å². The summed E-state index contributed by atoms with van der Waals surface area (Å²) < 4.78 is 5.16. The van der Waals surface area contributed by atoms with Gasteiger partial charge in [-0.25, -0.2) is 4.79 Å². The topological polar surface area (TPSA) is 68.3 Å². The van der Waals surface area contributed by atoms with Gasteiger partial charge in [0.2, 0.25) is 0 Å². The molecule has 0 spiro atoms. The summed E-state index contributed by atoms with van der Waals surface area (Å²) in [5.41, 5.74) is 2.53. The highest BCUT2D eigenvalue weighted by Gasteiger charge is 2.15. The predicted octanol–water partition coefficient (Wildman–Crippen LogP) is 5.09. The molecule has 0 aliphatic carbocycles. The number of carbonyl (C=O) groups is 2. The molecule has 1 heterocycles. The average Bonchev–Trinajstić information content (AvgIpc) is 2.73. The number of carbonyl (C=O) groups excluding carboxylic acids is 2. The summed E-state index contributed by atoms with van der Waals surface area (Å²) in [5.74, 6) is -0.774. The number of rotatable bonds is 6. The molecule has 0 aliphatic rings. The Morgan fingerprint density at radius 1 is 1.07 bits per heavy atom. The Labute approximate surface area is 174 Å². The number of pyridine rings is 1. The lowest BCUT2D eigenvalue weighted by Crippen LogP contribution is -2.12. The molecular formula is C23H19ClN2O3. The molecule has 6 heteroatoms. The minimum atomic E-state index is -0.461. The molecule has 29 heavy (non-hydrogen) atoms. The Kier molecular flexibility index (Phi) is 6.76. The molecule has 0 saturated carbocycles. The molecule has 2 aromatic carbocycles. The van der Waals surface area contributed by atoms with Gasteiger partial charge in [-0.3, -0.25) is 9.78 Å². The van der Waals surface area contributed by atoms with Crippen LogP contribution in [0.5, 0.6) is 0 Å². The van der Waals surface area contributed by atoms with E-state index in [4.69, 9.17) is 16.3 Å². The van der Waals surface area contributed by atoms with Crippen LogP contribution < -0.4 is 5.32 Å². The smallest absolute Gasteiger partial charge is 0.340 e. The maximum atomic E-state index is 12.5. The van der Waals surface area contributed by atoms with Crippen molar-refractivity contribution in [2.24, 2.45) is 0 Å². The second-order valence-electron chi connectivity index (χ2n) is 6.05. The van der Waals surface area contributed by atoms with Gasteiger partial charge in [0.25, 0.3) is 5.91 Å². The zero-order valence-electron chi connectivity index (χ0n) is 15.8. The summed E-state index contributed by atoms with van der Waals surface area (Å²) in [5, 5.41) is 3.20. The number of amides is 1. The number of nitrogens with one attached hydrogen (secondary N) is 1. The zero-order chi connectivity index (χ0) is 20.6. The Hall–Kier alpha value is -3.44. The molecule has 0 atom stereocenters. The molecule has 1 aromatic heterocycles. The lowest BCUT2D eigenvalue weighted by molar-refractivity contribution is -0.136. The fraction of sp³-hybridized carbons (Fsp3) is 0.0870. The molecule has 1 N–H and O–H groups in total. The van der Waals surface area contributed by atoms with E-state index in [2.05, 4.69) is 10.3 Å². The van der Waals surface area contributed by atoms with Gasteiger partial charge in [-0.05, 0) is 55.0 Å². The second-order valence-corrected chi connectivity index (χ2v) is 6.46. The third-order valence-electron chi connectivity index (χ3n) is 4.01. The molecule has 0 aliphatic heterocycles. The highest BCUT2D eigenvalue weighted by molar-refractivity contribution is 6.34. The van der Waals surface area contributed by atoms with Crippen molar-refractivity contribution in [3.63, 3.8) is 0 Å². The fourth-order valence-corrected chi connectivity index (χ4v) is 2.91. The number of ether oxygens (including phenoxy) is 1. The quantitative estimate of drug-likeness (QED) is 0.457. The minimum Gasteiger partial charge on any atom is -0.462 e. The summed E-state index contributed by atoms with van der Waals surface area (Å²) >= 11 is 6.09. The Morgan fingerprint density at radius 2 is 1.86 bits per heavy atom. The molecular weight excluding hydrogens is 388 g/mol. The number of nitrogens with zero attached hydrogens (tertiary/aromatic N) is 1. The predicted molar refractivity (Wildman–Crippen MR) is 115 cm³/mol. The van der Waals surface area contributed by atoms with Crippen LogP contribution in [0.4, 0.5) is 5.69 Å². The maximum absolute atomic E-state index is 12.5. The van der Waals surface area contributed by atoms with Crippen LogP contribution in [0, 0.1) is 0 Å². The third kappa shape index (κ3) is 5.30. The number of hydrogen-bond donors (Lipinski definition) is 1. The van der Waals surface area contributed by atoms with Crippen molar-refractivity contribution < 1.29 is 14.3 Å². The van der Waals surface area contributed by atoms with Gasteiger partial charge < -0.3 is 10.1 Å². The molecule has 3 rings (SSSR count). The van der Waals surface area contributed by atoms with E-state index in [1.54, 1.807) is 79.9 Å². The van der Waals surface area contributed by atoms with Crippen LogP contribution in [-0.4, -0.2) is 23.5 Å². The van der Waals surface area contributed by atoms with Crippen LogP contribution in [0.2, 0.25) is 5.02 Å². The largest absolute Gasteiger partial charge is 0.462 e. The van der Waals surface area contributed by atoms with Crippen molar-refractivity contribution in [2.75, 3.05) is 11.9 Å². The van der Waals surface area contributed by atoms with Crippen molar-refractivity contribution >= 4 is 40.8 Å². The number of esters is 1.